The maximum Gasteiger partial charge on any atom is 0.336 e. The first-order valence-electron chi connectivity index (χ1n) is 12.1. The molecule has 12 heteroatoms. The van der Waals surface area contributed by atoms with Crippen LogP contribution in [0.5, 0.6) is 0 Å². The number of rotatable bonds is 20. The number of aliphatic imine (C=N–C) groups is 3. The van der Waals surface area contributed by atoms with Gasteiger partial charge in [-0.3, -0.25) is 0 Å². The number of aromatic nitrogens is 3. The van der Waals surface area contributed by atoms with Gasteiger partial charge in [0.05, 0.1) is 19.6 Å². The lowest BCUT2D eigenvalue weighted by molar-refractivity contribution is 0.413. The van der Waals surface area contributed by atoms with Crippen LogP contribution in [0.2, 0.25) is 0 Å². The number of hydrogen-bond donors (Lipinski definition) is 0. The number of carbonyl (C=O) groups excluding carboxylic acids is 3. The lowest BCUT2D eigenvalue weighted by atomic mass is 10.2. The van der Waals surface area contributed by atoms with Crippen LogP contribution in [0.4, 0.5) is 0 Å². The summed E-state index contributed by atoms with van der Waals surface area (Å²) in [5.74, 6) is 0. The first-order chi connectivity index (χ1) is 17.1. The molecule has 0 aliphatic heterocycles. The van der Waals surface area contributed by atoms with Crippen LogP contribution < -0.4 is 17.1 Å². The minimum atomic E-state index is -0.612. The van der Waals surface area contributed by atoms with E-state index < -0.39 is 17.1 Å². The number of unbranched alkanes of at least 4 members (excludes halogenated alkanes) is 8. The van der Waals surface area contributed by atoms with Gasteiger partial charge in [-0.05, 0) is 44.9 Å². The quantitative estimate of drug-likeness (QED) is 0.153. The van der Waals surface area contributed by atoms with Crippen LogP contribution in [0.15, 0.2) is 29.4 Å². The molecule has 0 amide bonds. The Morgan fingerprint density at radius 2 is 0.686 bits per heavy atom. The van der Waals surface area contributed by atoms with E-state index in [0.29, 0.717) is 51.7 Å². The topological polar surface area (TPSA) is 154 Å². The van der Waals surface area contributed by atoms with Gasteiger partial charge >= 0.3 is 17.1 Å². The molecule has 0 unspecified atom stereocenters. The summed E-state index contributed by atoms with van der Waals surface area (Å²) < 4.78 is 3.36. The van der Waals surface area contributed by atoms with Gasteiger partial charge in [-0.1, -0.05) is 25.7 Å². The smallest absolute Gasteiger partial charge is 0.247 e. The van der Waals surface area contributed by atoms with Crippen molar-refractivity contribution in [2.24, 2.45) is 15.0 Å². The summed E-state index contributed by atoms with van der Waals surface area (Å²) in [5.41, 5.74) is -1.83. The van der Waals surface area contributed by atoms with E-state index in [9.17, 15) is 28.8 Å². The predicted molar refractivity (Wildman–Crippen MR) is 129 cm³/mol. The number of nitrogens with zero attached hydrogens (tertiary/aromatic N) is 6. The maximum absolute atomic E-state index is 13.0. The summed E-state index contributed by atoms with van der Waals surface area (Å²) in [6.45, 7) is 1.73. The van der Waals surface area contributed by atoms with Crippen LogP contribution in [0.3, 0.4) is 0 Å². The van der Waals surface area contributed by atoms with Crippen LogP contribution in [-0.2, 0) is 34.0 Å². The van der Waals surface area contributed by atoms with Crippen molar-refractivity contribution in [2.45, 2.75) is 90.3 Å². The molecular formula is C23H34N6O6. The van der Waals surface area contributed by atoms with Gasteiger partial charge in [0, 0.05) is 19.6 Å². The van der Waals surface area contributed by atoms with E-state index in [1.807, 2.05) is 0 Å². The fourth-order valence-corrected chi connectivity index (χ4v) is 3.66. The molecule has 0 saturated heterocycles. The molecule has 1 aromatic rings. The molecule has 35 heavy (non-hydrogen) atoms. The van der Waals surface area contributed by atoms with Crippen LogP contribution in [-0.4, -0.2) is 51.6 Å². The third-order valence-corrected chi connectivity index (χ3v) is 5.53. The zero-order chi connectivity index (χ0) is 25.7. The van der Waals surface area contributed by atoms with Crippen LogP contribution in [0.1, 0.15) is 70.6 Å². The van der Waals surface area contributed by atoms with E-state index in [-0.39, 0.29) is 19.6 Å². The molecule has 0 aliphatic rings. The average molecular weight is 491 g/mol. The SMILES string of the molecule is O=C=NCCCCCCn1c(=O)n(CCCCCCN=C=O)c(=O)n(CCCCCN=C=O)c1=O. The zero-order valence-corrected chi connectivity index (χ0v) is 20.2. The highest BCUT2D eigenvalue weighted by atomic mass is 16.2. The van der Waals surface area contributed by atoms with Crippen LogP contribution >= 0.6 is 0 Å². The van der Waals surface area contributed by atoms with Crippen molar-refractivity contribution in [1.29, 1.82) is 0 Å². The van der Waals surface area contributed by atoms with Crippen molar-refractivity contribution < 1.29 is 14.4 Å². The van der Waals surface area contributed by atoms with Crippen molar-refractivity contribution in [3.63, 3.8) is 0 Å². The van der Waals surface area contributed by atoms with Crippen molar-refractivity contribution in [3.05, 3.63) is 31.5 Å². The van der Waals surface area contributed by atoms with Gasteiger partial charge < -0.3 is 0 Å². The molecular weight excluding hydrogens is 456 g/mol. The van der Waals surface area contributed by atoms with E-state index >= 15 is 0 Å². The first-order valence-corrected chi connectivity index (χ1v) is 12.1. The molecule has 0 radical (unpaired) electrons. The van der Waals surface area contributed by atoms with Gasteiger partial charge in [0.15, 0.2) is 0 Å². The molecule has 1 aromatic heterocycles. The van der Waals surface area contributed by atoms with E-state index in [0.717, 1.165) is 52.2 Å². The highest BCUT2D eigenvalue weighted by Crippen LogP contribution is 2.03. The highest BCUT2D eigenvalue weighted by Gasteiger charge is 2.15. The van der Waals surface area contributed by atoms with Crippen molar-refractivity contribution in [1.82, 2.24) is 13.7 Å². The lowest BCUT2D eigenvalue weighted by Crippen LogP contribution is -2.54. The van der Waals surface area contributed by atoms with Gasteiger partial charge in [0.25, 0.3) is 0 Å². The molecule has 0 N–H and O–H groups in total. The summed E-state index contributed by atoms with van der Waals surface area (Å²) in [7, 11) is 0. The normalized spacial score (nSPS) is 10.3. The Kier molecular flexibility index (Phi) is 16.0. The molecule has 0 aromatic carbocycles. The summed E-state index contributed by atoms with van der Waals surface area (Å²) in [5, 5.41) is 0. The highest BCUT2D eigenvalue weighted by molar-refractivity contribution is 5.33. The predicted octanol–water partition coefficient (Wildman–Crippen LogP) is 1.47. The third-order valence-electron chi connectivity index (χ3n) is 5.53. The minimum absolute atomic E-state index is 0.177. The van der Waals surface area contributed by atoms with Crippen LogP contribution in [0.25, 0.3) is 0 Å². The Morgan fingerprint density at radius 3 is 0.971 bits per heavy atom. The van der Waals surface area contributed by atoms with Gasteiger partial charge in [-0.2, -0.15) is 0 Å². The van der Waals surface area contributed by atoms with Crippen molar-refractivity contribution in [3.8, 4) is 0 Å². The maximum atomic E-state index is 13.0. The zero-order valence-electron chi connectivity index (χ0n) is 20.2. The summed E-state index contributed by atoms with van der Waals surface area (Å²) >= 11 is 0. The summed E-state index contributed by atoms with van der Waals surface area (Å²) in [4.78, 5) is 79.7. The Morgan fingerprint density at radius 1 is 0.429 bits per heavy atom. The average Bonchev–Trinajstić information content (AvgIpc) is 2.85. The molecule has 0 fully saturated rings. The second-order valence-electron chi connectivity index (χ2n) is 8.11. The molecule has 0 saturated carbocycles. The van der Waals surface area contributed by atoms with Gasteiger partial charge in [-0.25, -0.2) is 57.4 Å². The molecule has 12 nitrogen and oxygen atoms in total. The standard InChI is InChI=1S/C23H34N6O6/c30-18-24-12-6-1-3-9-15-27-21(33)28(16-10-4-2-7-13-25-19-31)23(35)29(22(27)34)17-11-5-8-14-26-20-32/h1-17H2. The monoisotopic (exact) mass is 490 g/mol. The Hall–Kier alpha value is -3.45. The van der Waals surface area contributed by atoms with Crippen LogP contribution in [0, 0.1) is 0 Å². The molecule has 1 heterocycles. The van der Waals surface area contributed by atoms with E-state index in [1.165, 1.54) is 18.2 Å². The number of isocyanates is 3. The van der Waals surface area contributed by atoms with Crippen molar-refractivity contribution in [2.75, 3.05) is 19.6 Å². The third kappa shape index (κ3) is 11.5. The fourth-order valence-electron chi connectivity index (χ4n) is 3.66. The Balaban J connectivity index is 2.91. The van der Waals surface area contributed by atoms with E-state index in [4.69, 9.17) is 0 Å². The molecule has 0 bridgehead atoms. The molecule has 192 valence electrons. The Labute approximate surface area is 203 Å². The largest absolute Gasteiger partial charge is 0.336 e. The molecule has 0 atom stereocenters. The van der Waals surface area contributed by atoms with E-state index in [1.54, 1.807) is 0 Å². The van der Waals surface area contributed by atoms with Crippen molar-refractivity contribution >= 4 is 18.2 Å². The van der Waals surface area contributed by atoms with Gasteiger partial charge in [-0.15, -0.1) is 0 Å². The minimum Gasteiger partial charge on any atom is -0.247 e. The molecule has 0 spiro atoms. The summed E-state index contributed by atoms with van der Waals surface area (Å²) in [6.07, 6.45) is 12.0. The Bertz CT molecular complexity index is 1020. The van der Waals surface area contributed by atoms with E-state index in [2.05, 4.69) is 15.0 Å². The second kappa shape index (κ2) is 18.9. The first kappa shape index (κ1) is 29.6. The lowest BCUT2D eigenvalue weighted by Gasteiger charge is -2.14. The van der Waals surface area contributed by atoms with Gasteiger partial charge in [0.1, 0.15) is 0 Å². The van der Waals surface area contributed by atoms with Gasteiger partial charge in [0.2, 0.25) is 18.2 Å². The summed E-state index contributed by atoms with van der Waals surface area (Å²) in [6, 6.07) is 0. The fraction of sp³-hybridized carbons (Fsp3) is 0.739. The number of hydrogen-bond acceptors (Lipinski definition) is 9. The molecule has 0 aliphatic carbocycles. The second-order valence-corrected chi connectivity index (χ2v) is 8.11. The molecule has 1 rings (SSSR count).